The van der Waals surface area contributed by atoms with E-state index in [1.807, 2.05) is 18.2 Å². The van der Waals surface area contributed by atoms with Crippen molar-refractivity contribution in [1.29, 1.82) is 0 Å². The number of halogens is 1. The molecule has 1 fully saturated rings. The van der Waals surface area contributed by atoms with Gasteiger partial charge in [0.25, 0.3) is 6.02 Å². The normalized spacial score (nSPS) is 20.5. The third kappa shape index (κ3) is 5.90. The second-order valence-corrected chi connectivity index (χ2v) is 10.5. The lowest BCUT2D eigenvalue weighted by Gasteiger charge is -2.39. The number of amidine groups is 1. The molecular weight excluding hydrogens is 479 g/mol. The number of nitrogens with two attached hydrogens (primary N) is 1. The molecule has 7 nitrogen and oxygen atoms in total. The zero-order valence-corrected chi connectivity index (χ0v) is 21.1. The van der Waals surface area contributed by atoms with Crippen molar-refractivity contribution in [3.8, 4) is 23.5 Å². The maximum atomic E-state index is 14.1. The number of sulfonamides is 1. The van der Waals surface area contributed by atoms with E-state index in [4.69, 9.17) is 16.9 Å². The van der Waals surface area contributed by atoms with Gasteiger partial charge in [0, 0.05) is 11.8 Å². The fourth-order valence-corrected chi connectivity index (χ4v) is 5.92. The molecule has 2 aromatic rings. The van der Waals surface area contributed by atoms with Crippen LogP contribution in [0.25, 0.3) is 11.1 Å². The van der Waals surface area contributed by atoms with Gasteiger partial charge in [-0.3, -0.25) is 0 Å². The van der Waals surface area contributed by atoms with Crippen LogP contribution in [0.3, 0.4) is 0 Å². The number of pyridine rings is 1. The molecular formula is C27H29FN4O3S. The second-order valence-electron chi connectivity index (χ2n) is 8.72. The number of nitrogens with zero attached hydrogens (tertiary/aromatic N) is 2. The van der Waals surface area contributed by atoms with E-state index in [9.17, 15) is 12.8 Å². The van der Waals surface area contributed by atoms with Crippen molar-refractivity contribution in [3.05, 3.63) is 90.6 Å². The molecule has 3 rings (SSSR count). The maximum Gasteiger partial charge on any atom is 0.299 e. The highest BCUT2D eigenvalue weighted by Gasteiger charge is 2.48. The molecule has 0 radical (unpaired) electrons. The number of allylic oxidation sites excluding steroid dienone is 2. The van der Waals surface area contributed by atoms with Gasteiger partial charge in [-0.2, -0.15) is 0 Å². The van der Waals surface area contributed by atoms with Gasteiger partial charge in [-0.1, -0.05) is 55.5 Å². The SMILES string of the molecule is C#Cc1cc(-c2ccc([C@@H]3C(C)(C)OC(=N[C@@H](CCN)/C(=C/C=C)C(=C)F)NS3(=O)=O)cc2)ccn1. The molecule has 0 amide bonds. The van der Waals surface area contributed by atoms with Crippen LogP contribution in [0.5, 0.6) is 0 Å². The summed E-state index contributed by atoms with van der Waals surface area (Å²) in [6.45, 7) is 10.4. The average Bonchev–Trinajstić information content (AvgIpc) is 2.81. The number of hydrogen-bond donors (Lipinski definition) is 2. The number of nitrogens with one attached hydrogen (secondary N) is 1. The van der Waals surface area contributed by atoms with Crippen LogP contribution in [-0.2, 0) is 14.8 Å². The van der Waals surface area contributed by atoms with E-state index in [2.05, 4.69) is 33.8 Å². The number of ether oxygens (including phenoxy) is 1. The van der Waals surface area contributed by atoms with E-state index in [-0.39, 0.29) is 24.6 Å². The molecule has 1 aromatic heterocycles. The minimum atomic E-state index is -3.97. The van der Waals surface area contributed by atoms with E-state index in [1.165, 1.54) is 12.2 Å². The Morgan fingerprint density at radius 2 is 2.06 bits per heavy atom. The Labute approximate surface area is 211 Å². The van der Waals surface area contributed by atoms with E-state index in [1.54, 1.807) is 38.2 Å². The predicted octanol–water partition coefficient (Wildman–Crippen LogP) is 4.17. The lowest BCUT2D eigenvalue weighted by Crippen LogP contribution is -2.53. The first-order valence-corrected chi connectivity index (χ1v) is 12.8. The van der Waals surface area contributed by atoms with E-state index in [0.717, 1.165) is 11.1 Å². The summed E-state index contributed by atoms with van der Waals surface area (Å²) in [5.41, 5.74) is 7.39. The number of aromatic nitrogens is 1. The molecule has 2 heterocycles. The van der Waals surface area contributed by atoms with Crippen LogP contribution in [0.15, 0.2) is 84.3 Å². The summed E-state index contributed by atoms with van der Waals surface area (Å²) in [5.74, 6) is 1.79. The van der Waals surface area contributed by atoms with Crippen LogP contribution in [-0.4, -0.2) is 37.6 Å². The molecule has 1 aliphatic rings. The zero-order chi connectivity index (χ0) is 26.5. The molecule has 188 valence electrons. The summed E-state index contributed by atoms with van der Waals surface area (Å²) in [5, 5.41) is -1.04. The van der Waals surface area contributed by atoms with Gasteiger partial charge in [-0.15, -0.1) is 6.42 Å². The molecule has 2 atom stereocenters. The van der Waals surface area contributed by atoms with Gasteiger partial charge in [0.1, 0.15) is 22.4 Å². The highest BCUT2D eigenvalue weighted by atomic mass is 32.2. The summed E-state index contributed by atoms with van der Waals surface area (Å²) in [4.78, 5) is 8.43. The van der Waals surface area contributed by atoms with E-state index >= 15 is 0 Å². The molecule has 1 aliphatic heterocycles. The zero-order valence-electron chi connectivity index (χ0n) is 20.2. The number of terminal acetylenes is 1. The quantitative estimate of drug-likeness (QED) is 0.411. The van der Waals surface area contributed by atoms with E-state index in [0.29, 0.717) is 11.3 Å². The third-order valence-electron chi connectivity index (χ3n) is 5.67. The Hall–Kier alpha value is -3.74. The summed E-state index contributed by atoms with van der Waals surface area (Å²) >= 11 is 0. The lowest BCUT2D eigenvalue weighted by atomic mass is 9.95. The average molecular weight is 509 g/mol. The molecule has 0 spiro atoms. The van der Waals surface area contributed by atoms with Crippen molar-refractivity contribution >= 4 is 16.0 Å². The van der Waals surface area contributed by atoms with Gasteiger partial charge in [0.05, 0.1) is 6.04 Å². The molecule has 0 aliphatic carbocycles. The van der Waals surface area contributed by atoms with E-state index < -0.39 is 32.7 Å². The Balaban J connectivity index is 1.94. The third-order valence-corrected chi connectivity index (χ3v) is 7.59. The van der Waals surface area contributed by atoms with Crippen molar-refractivity contribution in [2.24, 2.45) is 10.7 Å². The molecule has 0 saturated carbocycles. The van der Waals surface area contributed by atoms with Crippen LogP contribution in [0.2, 0.25) is 0 Å². The maximum absolute atomic E-state index is 14.1. The minimum absolute atomic E-state index is 0.144. The fourth-order valence-electron chi connectivity index (χ4n) is 4.15. The van der Waals surface area contributed by atoms with Crippen molar-refractivity contribution < 1.29 is 17.5 Å². The number of rotatable bonds is 8. The Morgan fingerprint density at radius 3 is 2.61 bits per heavy atom. The molecule has 3 N–H and O–H groups in total. The largest absolute Gasteiger partial charge is 0.457 e. The van der Waals surface area contributed by atoms with Gasteiger partial charge < -0.3 is 10.5 Å². The Kier molecular flexibility index (Phi) is 8.13. The van der Waals surface area contributed by atoms with Crippen molar-refractivity contribution in [1.82, 2.24) is 9.71 Å². The molecule has 1 saturated heterocycles. The molecule has 1 aromatic carbocycles. The number of benzene rings is 1. The van der Waals surface area contributed by atoms with Crippen molar-refractivity contribution in [2.75, 3.05) is 6.54 Å². The van der Waals surface area contributed by atoms with Crippen LogP contribution >= 0.6 is 0 Å². The monoisotopic (exact) mass is 508 g/mol. The topological polar surface area (TPSA) is 107 Å². The first-order valence-electron chi connectivity index (χ1n) is 11.2. The van der Waals surface area contributed by atoms with Gasteiger partial charge in [0.15, 0.2) is 0 Å². The van der Waals surface area contributed by atoms with Crippen LogP contribution in [0, 0.1) is 12.3 Å². The van der Waals surface area contributed by atoms with Crippen LogP contribution in [0.4, 0.5) is 4.39 Å². The lowest BCUT2D eigenvalue weighted by molar-refractivity contribution is 0.0762. The fraction of sp³-hybridized carbons (Fsp3) is 0.259. The molecule has 0 bridgehead atoms. The first kappa shape index (κ1) is 26.9. The van der Waals surface area contributed by atoms with Gasteiger partial charge in [-0.25, -0.2) is 27.5 Å². The van der Waals surface area contributed by atoms with Crippen LogP contribution < -0.4 is 10.5 Å². The summed E-state index contributed by atoms with van der Waals surface area (Å²) in [6, 6.07) is 9.67. The Bertz CT molecular complexity index is 1360. The summed E-state index contributed by atoms with van der Waals surface area (Å²) < 4.78 is 49.2. The van der Waals surface area contributed by atoms with Gasteiger partial charge in [-0.05, 0) is 55.6 Å². The smallest absolute Gasteiger partial charge is 0.299 e. The number of hydrogen-bond acceptors (Lipinski definition) is 6. The standard InChI is InChI=1S/C27H29FN4O3S/c1-6-8-23(18(3)28)24(13-15-29)31-26-32-36(33,34)25(27(4,5)35-26)20-11-9-19(10-12-20)21-14-16-30-22(7-2)17-21/h2,6,8-12,14,16-17,24-25H,1,3,13,15,29H2,4-5H3,(H,31,32)/b23-8+/t24-,25+/m0/s1. The number of aliphatic imine (C=N–C) groups is 1. The minimum Gasteiger partial charge on any atom is -0.457 e. The van der Waals surface area contributed by atoms with Gasteiger partial charge >= 0.3 is 0 Å². The Morgan fingerprint density at radius 1 is 1.36 bits per heavy atom. The summed E-state index contributed by atoms with van der Waals surface area (Å²) in [7, 11) is -3.97. The molecule has 0 unspecified atom stereocenters. The molecule has 9 heteroatoms. The van der Waals surface area contributed by atoms with Crippen LogP contribution in [0.1, 0.15) is 36.8 Å². The van der Waals surface area contributed by atoms with Crippen molar-refractivity contribution in [3.63, 3.8) is 0 Å². The second kappa shape index (κ2) is 10.9. The highest BCUT2D eigenvalue weighted by molar-refractivity contribution is 7.90. The summed E-state index contributed by atoms with van der Waals surface area (Å²) in [6.07, 6.45) is 10.1. The molecule has 36 heavy (non-hydrogen) atoms. The van der Waals surface area contributed by atoms with Gasteiger partial charge in [0.2, 0.25) is 10.0 Å². The van der Waals surface area contributed by atoms with Crippen molar-refractivity contribution in [2.45, 2.75) is 37.2 Å². The predicted molar refractivity (Wildman–Crippen MR) is 141 cm³/mol. The highest BCUT2D eigenvalue weighted by Crippen LogP contribution is 2.39. The first-order chi connectivity index (χ1) is 17.0.